The number of carboxylic acids is 1. The molecule has 0 atom stereocenters. The van der Waals surface area contributed by atoms with Crippen LogP contribution in [0.15, 0.2) is 22.7 Å². The van der Waals surface area contributed by atoms with Crippen LogP contribution in [0.4, 0.5) is 0 Å². The second kappa shape index (κ2) is 3.53. The van der Waals surface area contributed by atoms with Crippen molar-refractivity contribution in [2.75, 3.05) is 0 Å². The van der Waals surface area contributed by atoms with Gasteiger partial charge in [0, 0.05) is 8.04 Å². The highest BCUT2D eigenvalue weighted by Gasteiger charge is 1.97. The maximum Gasteiger partial charge on any atom is 0.0715 e. The molecule has 2 nitrogen and oxygen atoms in total. The Bertz CT molecular complexity index is 298. The lowest BCUT2D eigenvalue weighted by molar-refractivity contribution is -0.255. The predicted molar refractivity (Wildman–Crippen MR) is 51.2 cm³/mol. The van der Waals surface area contributed by atoms with Gasteiger partial charge in [-0.15, -0.1) is 0 Å². The van der Waals surface area contributed by atoms with Crippen molar-refractivity contribution < 1.29 is 9.90 Å². The van der Waals surface area contributed by atoms with E-state index in [4.69, 9.17) is 0 Å². The van der Waals surface area contributed by atoms with Gasteiger partial charge >= 0.3 is 0 Å². The van der Waals surface area contributed by atoms with E-state index in [-0.39, 0.29) is 5.56 Å². The van der Waals surface area contributed by atoms with Crippen LogP contribution in [0.2, 0.25) is 0 Å². The average Bonchev–Trinajstić information content (AvgIpc) is 1.94. The van der Waals surface area contributed by atoms with Crippen LogP contribution in [0.3, 0.4) is 0 Å². The third-order valence-corrected chi connectivity index (χ3v) is 3.49. The Morgan fingerprint density at radius 1 is 1.55 bits per heavy atom. The minimum absolute atomic E-state index is 0.192. The van der Waals surface area contributed by atoms with E-state index in [1.54, 1.807) is 6.07 Å². The SMILES string of the molecule is O=C([O-])c1ccc(I)c(Br)c1. The van der Waals surface area contributed by atoms with Gasteiger partial charge < -0.3 is 9.90 Å². The largest absolute Gasteiger partial charge is 0.545 e. The van der Waals surface area contributed by atoms with Gasteiger partial charge in [-0.05, 0) is 56.2 Å². The molecule has 0 saturated carbocycles. The molecule has 0 aliphatic heterocycles. The molecule has 4 heteroatoms. The molecule has 0 aromatic heterocycles. The summed E-state index contributed by atoms with van der Waals surface area (Å²) in [4.78, 5) is 10.3. The number of halogens is 2. The van der Waals surface area contributed by atoms with Gasteiger partial charge in [0.15, 0.2) is 0 Å². The third kappa shape index (κ3) is 2.16. The van der Waals surface area contributed by atoms with E-state index in [0.29, 0.717) is 0 Å². The van der Waals surface area contributed by atoms with Crippen molar-refractivity contribution in [3.05, 3.63) is 31.8 Å². The van der Waals surface area contributed by atoms with Crippen molar-refractivity contribution in [3.63, 3.8) is 0 Å². The van der Waals surface area contributed by atoms with Crippen LogP contribution in [0, 0.1) is 3.57 Å². The number of hydrogen-bond acceptors (Lipinski definition) is 2. The maximum absolute atomic E-state index is 10.3. The first-order valence-electron chi connectivity index (χ1n) is 2.77. The van der Waals surface area contributed by atoms with Gasteiger partial charge in [-0.25, -0.2) is 0 Å². The third-order valence-electron chi connectivity index (χ3n) is 1.16. The highest BCUT2D eigenvalue weighted by molar-refractivity contribution is 14.1. The quantitative estimate of drug-likeness (QED) is 0.733. The van der Waals surface area contributed by atoms with Crippen LogP contribution in [-0.2, 0) is 0 Å². The molecule has 0 heterocycles. The van der Waals surface area contributed by atoms with Crippen LogP contribution in [0.5, 0.6) is 0 Å². The van der Waals surface area contributed by atoms with Crippen molar-refractivity contribution in [2.24, 2.45) is 0 Å². The lowest BCUT2D eigenvalue weighted by atomic mass is 10.2. The number of carbonyl (C=O) groups is 1. The minimum atomic E-state index is -1.15. The van der Waals surface area contributed by atoms with Gasteiger partial charge in [0.25, 0.3) is 0 Å². The molecule has 1 rings (SSSR count). The van der Waals surface area contributed by atoms with E-state index in [9.17, 15) is 9.90 Å². The van der Waals surface area contributed by atoms with Gasteiger partial charge in [-0.2, -0.15) is 0 Å². The fourth-order valence-electron chi connectivity index (χ4n) is 0.623. The first-order chi connectivity index (χ1) is 5.11. The molecule has 0 unspecified atom stereocenters. The average molecular weight is 326 g/mol. The smallest absolute Gasteiger partial charge is 0.0715 e. The summed E-state index contributed by atoms with van der Waals surface area (Å²) in [5.74, 6) is -1.15. The van der Waals surface area contributed by atoms with E-state index in [1.165, 1.54) is 12.1 Å². The molecule has 58 valence electrons. The van der Waals surface area contributed by atoms with E-state index in [2.05, 4.69) is 38.5 Å². The summed E-state index contributed by atoms with van der Waals surface area (Å²) in [6.45, 7) is 0. The number of rotatable bonds is 1. The Kier molecular flexibility index (Phi) is 2.89. The summed E-state index contributed by atoms with van der Waals surface area (Å²) < 4.78 is 1.76. The number of carboxylic acid groups (broad SMARTS) is 1. The van der Waals surface area contributed by atoms with Crippen molar-refractivity contribution >= 4 is 44.5 Å². The molecule has 0 aliphatic carbocycles. The molecule has 0 saturated heterocycles. The monoisotopic (exact) mass is 325 g/mol. The van der Waals surface area contributed by atoms with E-state index >= 15 is 0 Å². The zero-order valence-electron chi connectivity index (χ0n) is 5.30. The fourth-order valence-corrected chi connectivity index (χ4v) is 1.34. The first kappa shape index (κ1) is 8.99. The Morgan fingerprint density at radius 2 is 2.18 bits per heavy atom. The summed E-state index contributed by atoms with van der Waals surface area (Å²) in [5, 5.41) is 10.3. The minimum Gasteiger partial charge on any atom is -0.545 e. The van der Waals surface area contributed by atoms with Crippen LogP contribution in [-0.4, -0.2) is 5.97 Å². The first-order valence-corrected chi connectivity index (χ1v) is 4.65. The van der Waals surface area contributed by atoms with Crippen molar-refractivity contribution in [2.45, 2.75) is 0 Å². The summed E-state index contributed by atoms with van der Waals surface area (Å²) in [5.41, 5.74) is 0.192. The second-order valence-electron chi connectivity index (χ2n) is 1.92. The number of hydrogen-bond donors (Lipinski definition) is 0. The lowest BCUT2D eigenvalue weighted by Gasteiger charge is -2.02. The molecule has 0 amide bonds. The summed E-state index contributed by atoms with van der Waals surface area (Å²) >= 11 is 5.32. The summed E-state index contributed by atoms with van der Waals surface area (Å²) in [7, 11) is 0. The molecule has 1 aromatic carbocycles. The fraction of sp³-hybridized carbons (Fsp3) is 0. The topological polar surface area (TPSA) is 40.1 Å². The summed E-state index contributed by atoms with van der Waals surface area (Å²) in [6.07, 6.45) is 0. The van der Waals surface area contributed by atoms with Crippen LogP contribution in [0.1, 0.15) is 10.4 Å². The molecule has 0 N–H and O–H groups in total. The molecule has 0 fully saturated rings. The lowest BCUT2D eigenvalue weighted by Crippen LogP contribution is -2.22. The number of benzene rings is 1. The van der Waals surface area contributed by atoms with Gasteiger partial charge in [0.05, 0.1) is 5.97 Å². The highest BCUT2D eigenvalue weighted by atomic mass is 127. The zero-order chi connectivity index (χ0) is 8.43. The van der Waals surface area contributed by atoms with E-state index in [0.717, 1.165) is 8.04 Å². The van der Waals surface area contributed by atoms with Crippen molar-refractivity contribution in [3.8, 4) is 0 Å². The molecule has 1 aromatic rings. The standard InChI is InChI=1S/C7H4BrIO2/c8-5-3-4(7(10)11)1-2-6(5)9/h1-3H,(H,10,11)/p-1. The van der Waals surface area contributed by atoms with Crippen LogP contribution >= 0.6 is 38.5 Å². The zero-order valence-corrected chi connectivity index (χ0v) is 9.05. The molecule has 11 heavy (non-hydrogen) atoms. The van der Waals surface area contributed by atoms with E-state index in [1.807, 2.05) is 0 Å². The molecule has 0 spiro atoms. The van der Waals surface area contributed by atoms with Gasteiger partial charge in [-0.3, -0.25) is 0 Å². The Hall–Kier alpha value is -0.100. The molecular weight excluding hydrogens is 323 g/mol. The molecule has 0 radical (unpaired) electrons. The molecule has 0 bridgehead atoms. The molecule has 0 aliphatic rings. The molecular formula is C7H3BrIO2-. The van der Waals surface area contributed by atoms with Crippen molar-refractivity contribution in [1.29, 1.82) is 0 Å². The normalized spacial score (nSPS) is 9.64. The van der Waals surface area contributed by atoms with Gasteiger partial charge in [-0.1, -0.05) is 6.07 Å². The second-order valence-corrected chi connectivity index (χ2v) is 3.93. The Balaban J connectivity index is 3.15. The van der Waals surface area contributed by atoms with Gasteiger partial charge in [0.2, 0.25) is 0 Å². The Labute approximate surface area is 85.9 Å². The number of carbonyl (C=O) groups excluding carboxylic acids is 1. The van der Waals surface area contributed by atoms with Gasteiger partial charge in [0.1, 0.15) is 0 Å². The van der Waals surface area contributed by atoms with Crippen LogP contribution in [0.25, 0.3) is 0 Å². The van der Waals surface area contributed by atoms with Crippen LogP contribution < -0.4 is 5.11 Å². The predicted octanol–water partition coefficient (Wildman–Crippen LogP) is 1.42. The maximum atomic E-state index is 10.3. The van der Waals surface area contributed by atoms with Crippen molar-refractivity contribution in [1.82, 2.24) is 0 Å². The summed E-state index contributed by atoms with van der Waals surface area (Å²) in [6, 6.07) is 4.76. The Morgan fingerprint density at radius 3 is 2.64 bits per heavy atom. The highest BCUT2D eigenvalue weighted by Crippen LogP contribution is 2.19. The number of aromatic carboxylic acids is 1. The van der Waals surface area contributed by atoms with E-state index < -0.39 is 5.97 Å².